The highest BCUT2D eigenvalue weighted by Gasteiger charge is 2.56. The third-order valence-corrected chi connectivity index (χ3v) is 4.61. The molecule has 0 amide bonds. The van der Waals surface area contributed by atoms with Crippen molar-refractivity contribution in [1.29, 1.82) is 0 Å². The average molecular weight is 441 g/mol. The predicted octanol–water partition coefficient (Wildman–Crippen LogP) is 4.46. The summed E-state index contributed by atoms with van der Waals surface area (Å²) in [7, 11) is 0. The van der Waals surface area contributed by atoms with Crippen molar-refractivity contribution in [3.8, 4) is 0 Å². The van der Waals surface area contributed by atoms with E-state index in [1.807, 2.05) is 0 Å². The van der Waals surface area contributed by atoms with Crippen LogP contribution in [0.25, 0.3) is 0 Å². The highest BCUT2D eigenvalue weighted by Crippen LogP contribution is 2.37. The summed E-state index contributed by atoms with van der Waals surface area (Å²) in [5.41, 5.74) is -3.83. The molecule has 0 bridgehead atoms. The van der Waals surface area contributed by atoms with Crippen molar-refractivity contribution in [2.45, 2.75) is 70.7 Å². The molecule has 0 aliphatic rings. The summed E-state index contributed by atoms with van der Waals surface area (Å²) in [6.45, 7) is 9.79. The lowest BCUT2D eigenvalue weighted by Gasteiger charge is -2.36. The van der Waals surface area contributed by atoms with Gasteiger partial charge in [0.05, 0.1) is 0 Å². The van der Waals surface area contributed by atoms with E-state index in [0.717, 1.165) is 0 Å². The summed E-state index contributed by atoms with van der Waals surface area (Å²) < 4.78 is 10.9. The molecule has 1 unspecified atom stereocenters. The number of ketones is 1. The Balaban J connectivity index is 2.61. The maximum absolute atomic E-state index is 13.3. The van der Waals surface area contributed by atoms with Crippen molar-refractivity contribution in [3.05, 3.63) is 71.8 Å². The number of carbonyl (C=O) groups is 3. The van der Waals surface area contributed by atoms with Crippen molar-refractivity contribution in [2.75, 3.05) is 0 Å². The molecule has 172 valence electrons. The summed E-state index contributed by atoms with van der Waals surface area (Å²) in [6.07, 6.45) is -0.303. The van der Waals surface area contributed by atoms with Crippen LogP contribution in [0.5, 0.6) is 0 Å². The summed E-state index contributed by atoms with van der Waals surface area (Å²) in [6, 6.07) is 17.0. The fraction of sp³-hybridized carbons (Fsp3) is 0.423. The molecule has 0 heterocycles. The molecular weight excluding hydrogens is 408 g/mol. The number of benzene rings is 2. The molecule has 32 heavy (non-hydrogen) atoms. The summed E-state index contributed by atoms with van der Waals surface area (Å²) in [5, 5.41) is 11.7. The number of hydrogen-bond acceptors (Lipinski definition) is 6. The Morgan fingerprint density at radius 3 is 1.56 bits per heavy atom. The fourth-order valence-corrected chi connectivity index (χ4v) is 3.20. The zero-order valence-electron chi connectivity index (χ0n) is 19.5. The van der Waals surface area contributed by atoms with Gasteiger partial charge in [0.1, 0.15) is 11.2 Å². The second kappa shape index (κ2) is 9.65. The molecule has 1 N–H and O–H groups in total. The maximum atomic E-state index is 13.3. The Kier molecular flexibility index (Phi) is 7.62. The van der Waals surface area contributed by atoms with Crippen molar-refractivity contribution < 1.29 is 29.0 Å². The van der Waals surface area contributed by atoms with E-state index in [4.69, 9.17) is 9.47 Å². The van der Waals surface area contributed by atoms with E-state index in [2.05, 4.69) is 0 Å². The van der Waals surface area contributed by atoms with Crippen LogP contribution in [0.2, 0.25) is 0 Å². The molecule has 0 radical (unpaired) electrons. The van der Waals surface area contributed by atoms with Crippen LogP contribution in [-0.2, 0) is 19.1 Å². The van der Waals surface area contributed by atoms with Gasteiger partial charge in [0.2, 0.25) is 0 Å². The number of ether oxygens (including phenoxy) is 2. The van der Waals surface area contributed by atoms with Gasteiger partial charge in [-0.1, -0.05) is 60.7 Å². The molecule has 0 saturated carbocycles. The number of aliphatic hydroxyl groups is 1. The van der Waals surface area contributed by atoms with E-state index < -0.39 is 34.7 Å². The minimum absolute atomic E-state index is 0.303. The molecule has 6 nitrogen and oxygen atoms in total. The molecule has 1 atom stereocenters. The zero-order valence-corrected chi connectivity index (χ0v) is 19.5. The van der Waals surface area contributed by atoms with Gasteiger partial charge in [0, 0.05) is 17.9 Å². The van der Waals surface area contributed by atoms with Gasteiger partial charge in [-0.3, -0.25) is 4.79 Å². The Morgan fingerprint density at radius 2 is 1.16 bits per heavy atom. The quantitative estimate of drug-likeness (QED) is 0.388. The maximum Gasteiger partial charge on any atom is 0.351 e. The Morgan fingerprint density at radius 1 is 0.750 bits per heavy atom. The van der Waals surface area contributed by atoms with Gasteiger partial charge >= 0.3 is 11.9 Å². The van der Waals surface area contributed by atoms with Gasteiger partial charge in [-0.05, 0) is 47.1 Å². The fourth-order valence-electron chi connectivity index (χ4n) is 3.20. The standard InChI is InChI=1S/C26H32O6/c1-24(2,3)31-22(28)26(30,23(29)32-25(4,5)6)20(18-13-9-7-10-14-18)17-21(27)19-15-11-8-12-16-19/h7-16,20,30H,17H2,1-6H3. The second-order valence-electron chi connectivity index (χ2n) is 9.73. The molecular formula is C26H32O6. The monoisotopic (exact) mass is 440 g/mol. The van der Waals surface area contributed by atoms with Crippen LogP contribution in [0.15, 0.2) is 60.7 Å². The molecule has 0 aliphatic heterocycles. The zero-order chi connectivity index (χ0) is 24.2. The van der Waals surface area contributed by atoms with E-state index in [-0.39, 0.29) is 12.2 Å². The molecule has 0 spiro atoms. The third-order valence-electron chi connectivity index (χ3n) is 4.61. The van der Waals surface area contributed by atoms with Crippen LogP contribution in [-0.4, -0.2) is 39.6 Å². The van der Waals surface area contributed by atoms with Crippen LogP contribution in [0.1, 0.15) is 69.8 Å². The molecule has 2 aromatic carbocycles. The summed E-state index contributed by atoms with van der Waals surface area (Å²) in [4.78, 5) is 39.6. The molecule has 0 aromatic heterocycles. The van der Waals surface area contributed by atoms with Gasteiger partial charge in [0.25, 0.3) is 5.60 Å². The lowest BCUT2D eigenvalue weighted by Crippen LogP contribution is -2.56. The Hall–Kier alpha value is -2.99. The van der Waals surface area contributed by atoms with Crippen LogP contribution < -0.4 is 0 Å². The van der Waals surface area contributed by atoms with Gasteiger partial charge in [-0.2, -0.15) is 0 Å². The van der Waals surface area contributed by atoms with Crippen molar-refractivity contribution >= 4 is 17.7 Å². The van der Waals surface area contributed by atoms with Crippen LogP contribution in [0, 0.1) is 0 Å². The predicted molar refractivity (Wildman–Crippen MR) is 121 cm³/mol. The van der Waals surface area contributed by atoms with Gasteiger partial charge < -0.3 is 14.6 Å². The number of carbonyl (C=O) groups excluding carboxylic acids is 3. The van der Waals surface area contributed by atoms with Crippen molar-refractivity contribution in [3.63, 3.8) is 0 Å². The SMILES string of the molecule is CC(C)(C)OC(=O)C(O)(C(=O)OC(C)(C)C)C(CC(=O)c1ccccc1)c1ccccc1. The van der Waals surface area contributed by atoms with Crippen molar-refractivity contribution in [1.82, 2.24) is 0 Å². The molecule has 0 fully saturated rings. The first-order valence-electron chi connectivity index (χ1n) is 10.6. The van der Waals surface area contributed by atoms with Crippen LogP contribution in [0.3, 0.4) is 0 Å². The molecule has 2 rings (SSSR count). The molecule has 0 saturated heterocycles. The normalized spacial score (nSPS) is 13.2. The average Bonchev–Trinajstić information content (AvgIpc) is 2.70. The highest BCUT2D eigenvalue weighted by atomic mass is 16.6. The minimum Gasteiger partial charge on any atom is -0.457 e. The van der Waals surface area contributed by atoms with E-state index in [0.29, 0.717) is 11.1 Å². The summed E-state index contributed by atoms with van der Waals surface area (Å²) in [5.74, 6) is -3.87. The highest BCUT2D eigenvalue weighted by molar-refractivity contribution is 6.06. The van der Waals surface area contributed by atoms with Gasteiger partial charge in [-0.15, -0.1) is 0 Å². The lowest BCUT2D eigenvalue weighted by atomic mass is 9.77. The van der Waals surface area contributed by atoms with E-state index in [1.54, 1.807) is 102 Å². The van der Waals surface area contributed by atoms with Crippen LogP contribution >= 0.6 is 0 Å². The van der Waals surface area contributed by atoms with Crippen molar-refractivity contribution in [2.24, 2.45) is 0 Å². The smallest absolute Gasteiger partial charge is 0.351 e. The first-order chi connectivity index (χ1) is 14.7. The number of Topliss-reactive ketones (excluding diaryl/α,β-unsaturated/α-hetero) is 1. The number of rotatable bonds is 7. The van der Waals surface area contributed by atoms with Crippen LogP contribution in [0.4, 0.5) is 0 Å². The second-order valence-corrected chi connectivity index (χ2v) is 9.73. The first-order valence-corrected chi connectivity index (χ1v) is 10.6. The molecule has 2 aromatic rings. The Labute approximate surface area is 189 Å². The largest absolute Gasteiger partial charge is 0.457 e. The lowest BCUT2D eigenvalue weighted by molar-refractivity contribution is -0.199. The number of hydrogen-bond donors (Lipinski definition) is 1. The van der Waals surface area contributed by atoms with E-state index in [9.17, 15) is 19.5 Å². The van der Waals surface area contributed by atoms with E-state index in [1.165, 1.54) is 0 Å². The molecule has 0 aliphatic carbocycles. The van der Waals surface area contributed by atoms with Gasteiger partial charge in [-0.25, -0.2) is 9.59 Å². The van der Waals surface area contributed by atoms with Gasteiger partial charge in [0.15, 0.2) is 5.78 Å². The topological polar surface area (TPSA) is 89.9 Å². The minimum atomic E-state index is -2.73. The Bertz CT molecular complexity index is 908. The first kappa shape index (κ1) is 25.3. The number of esters is 2. The van der Waals surface area contributed by atoms with E-state index >= 15 is 0 Å². The summed E-state index contributed by atoms with van der Waals surface area (Å²) >= 11 is 0. The molecule has 6 heteroatoms. The third kappa shape index (κ3) is 6.50.